The van der Waals surface area contributed by atoms with Crippen molar-refractivity contribution in [2.45, 2.75) is 19.7 Å². The van der Waals surface area contributed by atoms with E-state index in [2.05, 4.69) is 0 Å². The lowest BCUT2D eigenvalue weighted by Crippen LogP contribution is -2.14. The second-order valence-electron chi connectivity index (χ2n) is 1.95. The minimum Gasteiger partial charge on any atom is -0.427 e. The van der Waals surface area contributed by atoms with Gasteiger partial charge >= 0.3 is 7.12 Å². The molecule has 0 aliphatic carbocycles. The van der Waals surface area contributed by atoms with Crippen LogP contribution in [0.15, 0.2) is 0 Å². The Kier molecular flexibility index (Phi) is 4.11. The lowest BCUT2D eigenvalue weighted by molar-refractivity contribution is 0.395. The highest BCUT2D eigenvalue weighted by Crippen LogP contribution is 2.07. The third-order valence-electron chi connectivity index (χ3n) is 1.17. The second-order valence-corrected chi connectivity index (χ2v) is 1.95. The van der Waals surface area contributed by atoms with Crippen LogP contribution in [0.5, 0.6) is 0 Å². The molecule has 0 heterocycles. The first kappa shape index (κ1) is 8.47. The molecule has 4 heteroatoms. The summed E-state index contributed by atoms with van der Waals surface area (Å²) in [4.78, 5) is 0. The molecule has 0 fully saturated rings. The first-order valence-electron chi connectivity index (χ1n) is 2.96. The molecule has 2 N–H and O–H groups in total. The van der Waals surface area contributed by atoms with Crippen LogP contribution in [0, 0.1) is 17.2 Å². The van der Waals surface area contributed by atoms with Gasteiger partial charge in [0.15, 0.2) is 0 Å². The van der Waals surface area contributed by atoms with Gasteiger partial charge in [-0.3, -0.25) is 0 Å². The summed E-state index contributed by atoms with van der Waals surface area (Å²) in [6.07, 6.45) is 0.834. The minimum absolute atomic E-state index is 0.160. The average Bonchev–Trinajstić information content (AvgIpc) is 1.82. The summed E-state index contributed by atoms with van der Waals surface area (Å²) in [5, 5.41) is 25.1. The zero-order chi connectivity index (χ0) is 7.28. The molecule has 0 rings (SSSR count). The lowest BCUT2D eigenvalue weighted by Gasteiger charge is -2.01. The Labute approximate surface area is 55.1 Å². The standard InChI is InChI=1S/C5H10BNO2/c1-2-5(4-7)3-6(8)9/h5,8-9H,2-3H2,1H3. The van der Waals surface area contributed by atoms with Crippen LogP contribution in [0.4, 0.5) is 0 Å². The van der Waals surface area contributed by atoms with Crippen LogP contribution in [-0.4, -0.2) is 17.2 Å². The van der Waals surface area contributed by atoms with E-state index in [1.54, 1.807) is 0 Å². The Bertz CT molecular complexity index is 110. The summed E-state index contributed by atoms with van der Waals surface area (Å²) in [5.74, 6) is -0.218. The molecule has 3 nitrogen and oxygen atoms in total. The van der Waals surface area contributed by atoms with Crippen LogP contribution in [0.1, 0.15) is 13.3 Å². The van der Waals surface area contributed by atoms with Crippen molar-refractivity contribution < 1.29 is 10.0 Å². The van der Waals surface area contributed by atoms with E-state index in [4.69, 9.17) is 15.3 Å². The van der Waals surface area contributed by atoms with Crippen molar-refractivity contribution >= 4 is 7.12 Å². The minimum atomic E-state index is -1.34. The Morgan fingerprint density at radius 3 is 2.33 bits per heavy atom. The van der Waals surface area contributed by atoms with E-state index >= 15 is 0 Å². The third kappa shape index (κ3) is 4.01. The molecule has 1 unspecified atom stereocenters. The number of hydrogen-bond donors (Lipinski definition) is 2. The van der Waals surface area contributed by atoms with E-state index in [1.807, 2.05) is 13.0 Å². The molecule has 0 aromatic heterocycles. The second kappa shape index (κ2) is 4.36. The molecule has 0 aliphatic heterocycles. The third-order valence-corrected chi connectivity index (χ3v) is 1.17. The Balaban J connectivity index is 3.47. The van der Waals surface area contributed by atoms with Gasteiger partial charge in [-0.15, -0.1) is 0 Å². The number of nitriles is 1. The van der Waals surface area contributed by atoms with Gasteiger partial charge in [0.2, 0.25) is 0 Å². The van der Waals surface area contributed by atoms with E-state index < -0.39 is 7.12 Å². The van der Waals surface area contributed by atoms with Crippen LogP contribution >= 0.6 is 0 Å². The Morgan fingerprint density at radius 2 is 2.22 bits per heavy atom. The van der Waals surface area contributed by atoms with Gasteiger partial charge in [-0.2, -0.15) is 5.26 Å². The lowest BCUT2D eigenvalue weighted by atomic mass is 9.78. The Morgan fingerprint density at radius 1 is 1.67 bits per heavy atom. The zero-order valence-corrected chi connectivity index (χ0v) is 5.41. The highest BCUT2D eigenvalue weighted by molar-refractivity contribution is 6.41. The van der Waals surface area contributed by atoms with E-state index in [0.717, 1.165) is 0 Å². The summed E-state index contributed by atoms with van der Waals surface area (Å²) in [5.41, 5.74) is 0. The number of rotatable bonds is 3. The van der Waals surface area contributed by atoms with E-state index in [9.17, 15) is 0 Å². The fourth-order valence-electron chi connectivity index (χ4n) is 0.565. The number of nitrogens with zero attached hydrogens (tertiary/aromatic N) is 1. The SMILES string of the molecule is CCC(C#N)CB(O)O. The maximum Gasteiger partial charge on any atom is 0.452 e. The van der Waals surface area contributed by atoms with Crippen LogP contribution < -0.4 is 0 Å². The summed E-state index contributed by atoms with van der Waals surface area (Å²) in [6, 6.07) is 1.96. The topological polar surface area (TPSA) is 64.2 Å². The molecule has 0 amide bonds. The Hall–Kier alpha value is -0.525. The fourth-order valence-corrected chi connectivity index (χ4v) is 0.565. The largest absolute Gasteiger partial charge is 0.452 e. The molecule has 0 saturated carbocycles. The first-order chi connectivity index (χ1) is 4.20. The van der Waals surface area contributed by atoms with Crippen molar-refractivity contribution in [2.75, 3.05) is 0 Å². The van der Waals surface area contributed by atoms with Crippen molar-refractivity contribution in [1.29, 1.82) is 5.26 Å². The van der Waals surface area contributed by atoms with Gasteiger partial charge in [-0.1, -0.05) is 6.92 Å². The molecule has 0 aromatic carbocycles. The van der Waals surface area contributed by atoms with Gasteiger partial charge in [-0.25, -0.2) is 0 Å². The smallest absolute Gasteiger partial charge is 0.427 e. The molecule has 9 heavy (non-hydrogen) atoms. The molecule has 0 saturated heterocycles. The molecule has 0 bridgehead atoms. The predicted molar refractivity (Wildman–Crippen MR) is 34.4 cm³/mol. The molecule has 0 aromatic rings. The molecule has 0 spiro atoms. The quantitative estimate of drug-likeness (QED) is 0.524. The summed E-state index contributed by atoms with van der Waals surface area (Å²) in [7, 11) is -1.34. The fraction of sp³-hybridized carbons (Fsp3) is 0.800. The van der Waals surface area contributed by atoms with E-state index in [0.29, 0.717) is 6.42 Å². The zero-order valence-electron chi connectivity index (χ0n) is 5.41. The molecule has 1 atom stereocenters. The van der Waals surface area contributed by atoms with Crippen LogP contribution in [-0.2, 0) is 0 Å². The van der Waals surface area contributed by atoms with Crippen molar-refractivity contribution in [3.63, 3.8) is 0 Å². The average molecular weight is 127 g/mol. The predicted octanol–water partition coefficient (Wildman–Crippen LogP) is 0.00898. The van der Waals surface area contributed by atoms with Gasteiger partial charge in [-0.05, 0) is 12.7 Å². The first-order valence-corrected chi connectivity index (χ1v) is 2.96. The van der Waals surface area contributed by atoms with Crippen LogP contribution in [0.2, 0.25) is 6.32 Å². The summed E-state index contributed by atoms with van der Waals surface area (Å²) in [6.45, 7) is 1.84. The van der Waals surface area contributed by atoms with Gasteiger partial charge in [0.05, 0.1) is 6.07 Å². The monoisotopic (exact) mass is 127 g/mol. The van der Waals surface area contributed by atoms with Gasteiger partial charge in [0.25, 0.3) is 0 Å². The molecular weight excluding hydrogens is 117 g/mol. The van der Waals surface area contributed by atoms with Crippen LogP contribution in [0.25, 0.3) is 0 Å². The van der Waals surface area contributed by atoms with Crippen molar-refractivity contribution in [1.82, 2.24) is 0 Å². The van der Waals surface area contributed by atoms with Gasteiger partial charge in [0.1, 0.15) is 0 Å². The number of hydrogen-bond acceptors (Lipinski definition) is 3. The van der Waals surface area contributed by atoms with Gasteiger partial charge in [0, 0.05) is 5.92 Å². The van der Waals surface area contributed by atoms with Gasteiger partial charge < -0.3 is 10.0 Å². The highest BCUT2D eigenvalue weighted by Gasteiger charge is 2.13. The van der Waals surface area contributed by atoms with E-state index in [-0.39, 0.29) is 12.2 Å². The molecular formula is C5H10BNO2. The molecule has 0 aliphatic rings. The van der Waals surface area contributed by atoms with Crippen LogP contribution in [0.3, 0.4) is 0 Å². The highest BCUT2D eigenvalue weighted by atomic mass is 16.4. The maximum absolute atomic E-state index is 8.39. The summed E-state index contributed by atoms with van der Waals surface area (Å²) >= 11 is 0. The molecule has 0 radical (unpaired) electrons. The normalized spacial score (nSPS) is 12.2. The summed E-state index contributed by atoms with van der Waals surface area (Å²) < 4.78 is 0. The molecule has 50 valence electrons. The van der Waals surface area contributed by atoms with Crippen molar-refractivity contribution in [3.8, 4) is 6.07 Å². The van der Waals surface area contributed by atoms with E-state index in [1.165, 1.54) is 0 Å². The van der Waals surface area contributed by atoms with Crippen molar-refractivity contribution in [3.05, 3.63) is 0 Å². The van der Waals surface area contributed by atoms with Crippen molar-refractivity contribution in [2.24, 2.45) is 5.92 Å². The maximum atomic E-state index is 8.39.